The molecule has 0 aliphatic carbocycles. The lowest BCUT2D eigenvalue weighted by Crippen LogP contribution is -2.56. The third-order valence-corrected chi connectivity index (χ3v) is 5.68. The number of carbonyl (C=O) groups is 3. The number of aromatic amines is 1. The first kappa shape index (κ1) is 24.6. The van der Waals surface area contributed by atoms with Gasteiger partial charge in [-0.3, -0.25) is 19.7 Å². The maximum Gasteiger partial charge on any atom is 0.326 e. The highest BCUT2D eigenvalue weighted by Gasteiger charge is 2.35. The summed E-state index contributed by atoms with van der Waals surface area (Å²) < 4.78 is 37.5. The largest absolute Gasteiger partial charge is 0.480 e. The Kier molecular flexibility index (Phi) is 8.07. The second-order valence-corrected chi connectivity index (χ2v) is 8.34. The molecular formula is C19H20N6O8S. The Hall–Kier alpha value is -4.08. The van der Waals surface area contributed by atoms with Crippen LogP contribution in [0, 0.1) is 0 Å². The number of amides is 2. The predicted octanol–water partition coefficient (Wildman–Crippen LogP) is -0.0693. The van der Waals surface area contributed by atoms with E-state index in [2.05, 4.69) is 25.8 Å². The van der Waals surface area contributed by atoms with Crippen LogP contribution in [-0.2, 0) is 24.3 Å². The number of anilines is 1. The summed E-state index contributed by atoms with van der Waals surface area (Å²) in [5.41, 5.74) is 0. The van der Waals surface area contributed by atoms with Crippen molar-refractivity contribution in [3.05, 3.63) is 60.7 Å². The molecule has 0 fully saturated rings. The van der Waals surface area contributed by atoms with Crippen LogP contribution in [0.5, 0.6) is 0 Å². The fourth-order valence-corrected chi connectivity index (χ4v) is 3.85. The quantitative estimate of drug-likeness (QED) is 0.213. The molecule has 15 heteroatoms. The Balaban J connectivity index is 1.74. The van der Waals surface area contributed by atoms with Crippen LogP contribution in [-0.4, -0.2) is 65.3 Å². The van der Waals surface area contributed by atoms with E-state index in [0.717, 1.165) is 0 Å². The number of aromatic nitrogens is 3. The van der Waals surface area contributed by atoms with E-state index in [1.165, 1.54) is 48.9 Å². The van der Waals surface area contributed by atoms with Crippen LogP contribution in [0.3, 0.4) is 0 Å². The van der Waals surface area contributed by atoms with Gasteiger partial charge in [0.15, 0.2) is 12.3 Å². The van der Waals surface area contributed by atoms with Crippen LogP contribution in [0.15, 0.2) is 64.4 Å². The molecule has 2 heterocycles. The number of benzene rings is 1. The molecule has 5 N–H and O–H groups in total. The van der Waals surface area contributed by atoms with E-state index >= 15 is 0 Å². The van der Waals surface area contributed by atoms with Gasteiger partial charge in [0.2, 0.25) is 27.6 Å². The molecule has 2 aromatic heterocycles. The maximum absolute atomic E-state index is 12.7. The van der Waals surface area contributed by atoms with Crippen molar-refractivity contribution in [2.45, 2.75) is 23.6 Å². The van der Waals surface area contributed by atoms with Gasteiger partial charge in [-0.15, -0.1) is 0 Å². The summed E-state index contributed by atoms with van der Waals surface area (Å²) in [7, 11) is -4.30. The summed E-state index contributed by atoms with van der Waals surface area (Å²) in [4.78, 5) is 42.7. The standard InChI is InChI=1S/C19H20N6O8S/c26-14(23-19-20-9-10-21-19)7-11-32-17(24-16(27)13-6-8-22-33-13)15(18(28)29)25-34(30,31)12-4-2-1-3-5-12/h1-6,8-10,15,17,25H,7,11H2,(H,24,27)(H,28,29)(H2,20,21,23,26). The highest BCUT2D eigenvalue weighted by atomic mass is 32.2. The van der Waals surface area contributed by atoms with Crippen molar-refractivity contribution in [3.63, 3.8) is 0 Å². The van der Waals surface area contributed by atoms with Crippen LogP contribution in [0.1, 0.15) is 17.0 Å². The first-order valence-electron chi connectivity index (χ1n) is 9.69. The van der Waals surface area contributed by atoms with Crippen molar-refractivity contribution in [1.82, 2.24) is 25.2 Å². The summed E-state index contributed by atoms with van der Waals surface area (Å²) in [6, 6.07) is 6.30. The number of sulfonamides is 1. The van der Waals surface area contributed by atoms with Gasteiger partial charge in [0, 0.05) is 18.5 Å². The third-order valence-electron chi connectivity index (χ3n) is 4.22. The summed E-state index contributed by atoms with van der Waals surface area (Å²) in [5.74, 6) is -3.14. The molecule has 0 saturated carbocycles. The number of hydrogen-bond acceptors (Lipinski definition) is 9. The van der Waals surface area contributed by atoms with Crippen molar-refractivity contribution in [2.75, 3.05) is 11.9 Å². The van der Waals surface area contributed by atoms with E-state index in [4.69, 9.17) is 9.26 Å². The van der Waals surface area contributed by atoms with E-state index in [-0.39, 0.29) is 29.6 Å². The van der Waals surface area contributed by atoms with E-state index in [1.807, 2.05) is 4.72 Å². The van der Waals surface area contributed by atoms with Crippen molar-refractivity contribution >= 4 is 33.8 Å². The van der Waals surface area contributed by atoms with E-state index in [1.54, 1.807) is 6.07 Å². The maximum atomic E-state index is 12.7. The normalized spacial score (nSPS) is 13.1. The molecule has 3 rings (SSSR count). The molecular weight excluding hydrogens is 472 g/mol. The molecule has 2 unspecified atom stereocenters. The first-order chi connectivity index (χ1) is 16.3. The second kappa shape index (κ2) is 11.2. The predicted molar refractivity (Wildman–Crippen MR) is 114 cm³/mol. The number of ether oxygens (including phenoxy) is 1. The van der Waals surface area contributed by atoms with Gasteiger partial charge in [-0.25, -0.2) is 13.4 Å². The smallest absolute Gasteiger partial charge is 0.326 e. The number of nitrogens with one attached hydrogen (secondary N) is 4. The Morgan fingerprint density at radius 2 is 1.91 bits per heavy atom. The number of aliphatic carboxylic acids is 1. The molecule has 14 nitrogen and oxygen atoms in total. The van der Waals surface area contributed by atoms with Crippen LogP contribution in [0.4, 0.5) is 5.95 Å². The highest BCUT2D eigenvalue weighted by Crippen LogP contribution is 2.11. The van der Waals surface area contributed by atoms with Gasteiger partial charge in [-0.2, -0.15) is 4.72 Å². The number of nitrogens with zero attached hydrogens (tertiary/aromatic N) is 2. The molecule has 0 radical (unpaired) electrons. The summed E-state index contributed by atoms with van der Waals surface area (Å²) in [5, 5.41) is 17.8. The zero-order chi connectivity index (χ0) is 24.6. The summed E-state index contributed by atoms with van der Waals surface area (Å²) in [6.45, 7) is -0.370. The van der Waals surface area contributed by atoms with Gasteiger partial charge in [0.1, 0.15) is 0 Å². The van der Waals surface area contributed by atoms with Gasteiger partial charge in [0.25, 0.3) is 5.91 Å². The SMILES string of the molecule is O=C(CCOC(NC(=O)c1ccno1)C(NS(=O)(=O)c1ccccc1)C(=O)O)Nc1ncc[nH]1. The third kappa shape index (κ3) is 6.71. The Morgan fingerprint density at radius 1 is 1.15 bits per heavy atom. The Labute approximate surface area is 192 Å². The van der Waals surface area contributed by atoms with Gasteiger partial charge < -0.3 is 24.7 Å². The molecule has 0 aliphatic rings. The lowest BCUT2D eigenvalue weighted by molar-refractivity contribution is -0.143. The molecule has 2 amide bonds. The van der Waals surface area contributed by atoms with Crippen molar-refractivity contribution < 1.29 is 37.2 Å². The fraction of sp³-hybridized carbons (Fsp3) is 0.211. The highest BCUT2D eigenvalue weighted by molar-refractivity contribution is 7.89. The molecule has 0 spiro atoms. The van der Waals surface area contributed by atoms with Crippen molar-refractivity contribution in [1.29, 1.82) is 0 Å². The number of H-pyrrole nitrogens is 1. The van der Waals surface area contributed by atoms with Gasteiger partial charge in [0.05, 0.1) is 24.1 Å². The van der Waals surface area contributed by atoms with Crippen molar-refractivity contribution in [2.24, 2.45) is 0 Å². The van der Waals surface area contributed by atoms with Crippen LogP contribution in [0.2, 0.25) is 0 Å². The number of hydrogen-bond donors (Lipinski definition) is 5. The zero-order valence-electron chi connectivity index (χ0n) is 17.4. The number of imidazole rings is 1. The lowest BCUT2D eigenvalue weighted by atomic mass is 10.2. The van der Waals surface area contributed by atoms with Crippen LogP contribution >= 0.6 is 0 Å². The van der Waals surface area contributed by atoms with Gasteiger partial charge in [-0.05, 0) is 12.1 Å². The topological polar surface area (TPSA) is 206 Å². The summed E-state index contributed by atoms with van der Waals surface area (Å²) >= 11 is 0. The van der Waals surface area contributed by atoms with E-state index < -0.39 is 40.1 Å². The molecule has 0 bridgehead atoms. The number of carboxylic acids is 1. The minimum atomic E-state index is -4.30. The van der Waals surface area contributed by atoms with E-state index in [9.17, 15) is 27.9 Å². The Bertz CT molecular complexity index is 1200. The molecule has 0 saturated heterocycles. The minimum absolute atomic E-state index is 0.194. The van der Waals surface area contributed by atoms with Crippen molar-refractivity contribution in [3.8, 4) is 0 Å². The molecule has 3 aromatic rings. The van der Waals surface area contributed by atoms with Gasteiger partial charge in [-0.1, -0.05) is 23.4 Å². The van der Waals surface area contributed by atoms with E-state index in [0.29, 0.717) is 0 Å². The van der Waals surface area contributed by atoms with Gasteiger partial charge >= 0.3 is 5.97 Å². The zero-order valence-corrected chi connectivity index (χ0v) is 18.2. The minimum Gasteiger partial charge on any atom is -0.480 e. The number of rotatable bonds is 12. The second-order valence-electron chi connectivity index (χ2n) is 6.63. The number of carbonyl (C=O) groups excluding carboxylic acids is 2. The molecule has 1 aromatic carbocycles. The average Bonchev–Trinajstić information content (AvgIpc) is 3.52. The average molecular weight is 492 g/mol. The van der Waals surface area contributed by atoms with Crippen LogP contribution in [0.25, 0.3) is 0 Å². The number of carboxylic acid groups (broad SMARTS) is 1. The fourth-order valence-electron chi connectivity index (χ4n) is 2.64. The molecule has 2 atom stereocenters. The lowest BCUT2D eigenvalue weighted by Gasteiger charge is -2.25. The monoisotopic (exact) mass is 492 g/mol. The Morgan fingerprint density at radius 3 is 2.53 bits per heavy atom. The summed E-state index contributed by atoms with van der Waals surface area (Å²) in [6.07, 6.45) is 2.14. The molecule has 34 heavy (non-hydrogen) atoms. The van der Waals surface area contributed by atoms with Crippen LogP contribution < -0.4 is 15.4 Å². The first-order valence-corrected chi connectivity index (χ1v) is 11.2. The molecule has 0 aliphatic heterocycles. The molecule has 180 valence electrons.